The molecule has 0 bridgehead atoms. The van der Waals surface area contributed by atoms with Gasteiger partial charge in [-0.2, -0.15) is 5.10 Å². The number of aromatic nitrogens is 2. The number of carbonyl (C=O) groups excluding carboxylic acids is 1. The molecule has 1 saturated heterocycles. The Kier molecular flexibility index (Phi) is 6.54. The van der Waals surface area contributed by atoms with Gasteiger partial charge in [-0.1, -0.05) is 12.1 Å². The quantitative estimate of drug-likeness (QED) is 0.779. The van der Waals surface area contributed by atoms with Crippen molar-refractivity contribution in [1.29, 1.82) is 0 Å². The average Bonchev–Trinajstić information content (AvgIpc) is 3.10. The number of hydrogen-bond acceptors (Lipinski definition) is 5. The van der Waals surface area contributed by atoms with Crippen molar-refractivity contribution in [3.63, 3.8) is 0 Å². The van der Waals surface area contributed by atoms with E-state index in [9.17, 15) is 9.18 Å². The van der Waals surface area contributed by atoms with E-state index in [0.717, 1.165) is 18.7 Å². The first-order valence-electron chi connectivity index (χ1n) is 9.08. The first-order chi connectivity index (χ1) is 13.0. The van der Waals surface area contributed by atoms with E-state index in [-0.39, 0.29) is 11.7 Å². The van der Waals surface area contributed by atoms with E-state index in [1.807, 2.05) is 25.2 Å². The van der Waals surface area contributed by atoms with E-state index in [1.165, 1.54) is 10.7 Å². The number of rotatable bonds is 7. The highest BCUT2D eigenvalue weighted by molar-refractivity contribution is 5.81. The molecule has 1 unspecified atom stereocenters. The number of amides is 1. The van der Waals surface area contributed by atoms with Crippen LogP contribution in [0.15, 0.2) is 36.7 Å². The highest BCUT2D eigenvalue weighted by Gasteiger charge is 2.26. The zero-order valence-electron chi connectivity index (χ0n) is 15.8. The molecule has 1 fully saturated rings. The van der Waals surface area contributed by atoms with Gasteiger partial charge in [0.1, 0.15) is 17.6 Å². The summed E-state index contributed by atoms with van der Waals surface area (Å²) in [6.07, 6.45) is 3.08. The van der Waals surface area contributed by atoms with Crippen molar-refractivity contribution in [2.75, 3.05) is 46.9 Å². The Balaban J connectivity index is 1.55. The monoisotopic (exact) mass is 375 g/mol. The Morgan fingerprint density at radius 2 is 2.22 bits per heavy atom. The summed E-state index contributed by atoms with van der Waals surface area (Å²) < 4.78 is 21.1. The normalized spacial score (nSPS) is 18.0. The van der Waals surface area contributed by atoms with E-state index >= 15 is 0 Å². The Bertz CT molecular complexity index is 764. The van der Waals surface area contributed by atoms with Crippen LogP contribution in [0.1, 0.15) is 5.56 Å². The second-order valence-electron chi connectivity index (χ2n) is 6.93. The maximum absolute atomic E-state index is 13.9. The molecule has 1 aliphatic rings. The fourth-order valence-electron chi connectivity index (χ4n) is 2.99. The molecule has 0 saturated carbocycles. The molecule has 0 radical (unpaired) electrons. The predicted molar refractivity (Wildman–Crippen MR) is 100 cm³/mol. The van der Waals surface area contributed by atoms with Crippen LogP contribution in [-0.4, -0.2) is 78.5 Å². The van der Waals surface area contributed by atoms with Gasteiger partial charge in [0.05, 0.1) is 12.8 Å². The summed E-state index contributed by atoms with van der Waals surface area (Å²) >= 11 is 0. The molecule has 2 heterocycles. The molecular weight excluding hydrogens is 349 g/mol. The SMILES string of the molecule is CN(C)CCNC(=O)C1CN(Cc2cnn(-c3ccccc3F)c2)CCO1. The maximum atomic E-state index is 13.9. The van der Waals surface area contributed by atoms with Gasteiger partial charge in [-0.25, -0.2) is 9.07 Å². The van der Waals surface area contributed by atoms with Gasteiger partial charge < -0.3 is 15.0 Å². The molecule has 1 atom stereocenters. The van der Waals surface area contributed by atoms with Crippen LogP contribution in [0.2, 0.25) is 0 Å². The van der Waals surface area contributed by atoms with Crippen LogP contribution >= 0.6 is 0 Å². The summed E-state index contributed by atoms with van der Waals surface area (Å²) in [5.74, 6) is -0.392. The van der Waals surface area contributed by atoms with Gasteiger partial charge in [-0.15, -0.1) is 0 Å². The number of likely N-dealkylation sites (N-methyl/N-ethyl adjacent to an activating group) is 1. The van der Waals surface area contributed by atoms with Crippen LogP contribution in [-0.2, 0) is 16.1 Å². The van der Waals surface area contributed by atoms with Crippen molar-refractivity contribution < 1.29 is 13.9 Å². The van der Waals surface area contributed by atoms with Crippen molar-refractivity contribution in [3.05, 3.63) is 48.0 Å². The summed E-state index contributed by atoms with van der Waals surface area (Å²) in [6, 6.07) is 6.54. The first kappa shape index (κ1) is 19.5. The number of morpholine rings is 1. The van der Waals surface area contributed by atoms with E-state index in [4.69, 9.17) is 4.74 Å². The second kappa shape index (κ2) is 9.07. The van der Waals surface area contributed by atoms with Crippen LogP contribution < -0.4 is 5.32 Å². The van der Waals surface area contributed by atoms with E-state index in [0.29, 0.717) is 31.9 Å². The zero-order chi connectivity index (χ0) is 19.2. The van der Waals surface area contributed by atoms with Crippen molar-refractivity contribution in [1.82, 2.24) is 24.9 Å². The van der Waals surface area contributed by atoms with Crippen LogP contribution in [0, 0.1) is 5.82 Å². The molecule has 0 spiro atoms. The lowest BCUT2D eigenvalue weighted by Gasteiger charge is -2.31. The number of carbonyl (C=O) groups is 1. The molecule has 1 amide bonds. The number of nitrogens with zero attached hydrogens (tertiary/aromatic N) is 4. The molecule has 0 aliphatic carbocycles. The Labute approximate surface area is 158 Å². The van der Waals surface area contributed by atoms with Gasteiger partial charge >= 0.3 is 0 Å². The van der Waals surface area contributed by atoms with Crippen LogP contribution in [0.5, 0.6) is 0 Å². The zero-order valence-corrected chi connectivity index (χ0v) is 15.8. The van der Waals surface area contributed by atoms with Crippen molar-refractivity contribution in [2.24, 2.45) is 0 Å². The molecule has 3 rings (SSSR count). The molecule has 1 aliphatic heterocycles. The maximum Gasteiger partial charge on any atom is 0.250 e. The van der Waals surface area contributed by atoms with E-state index in [1.54, 1.807) is 24.4 Å². The standard InChI is InChI=1S/C19H26FN5O2/c1-23(2)8-7-21-19(26)18-14-24(9-10-27-18)12-15-11-22-25(13-15)17-6-4-3-5-16(17)20/h3-6,11,13,18H,7-10,12,14H2,1-2H3,(H,21,26). The Hall–Kier alpha value is -2.29. The van der Waals surface area contributed by atoms with Gasteiger partial charge in [-0.05, 0) is 26.2 Å². The van der Waals surface area contributed by atoms with E-state index < -0.39 is 6.10 Å². The smallest absolute Gasteiger partial charge is 0.250 e. The van der Waals surface area contributed by atoms with Gasteiger partial charge in [0.2, 0.25) is 0 Å². The topological polar surface area (TPSA) is 62.6 Å². The van der Waals surface area contributed by atoms with Crippen LogP contribution in [0.3, 0.4) is 0 Å². The minimum Gasteiger partial charge on any atom is -0.366 e. The van der Waals surface area contributed by atoms with Gasteiger partial charge in [0.25, 0.3) is 5.91 Å². The Morgan fingerprint density at radius 1 is 1.41 bits per heavy atom. The van der Waals surface area contributed by atoms with Crippen LogP contribution in [0.25, 0.3) is 5.69 Å². The number of halogens is 1. The minimum atomic E-state index is -0.470. The summed E-state index contributed by atoms with van der Waals surface area (Å²) in [7, 11) is 3.93. The summed E-state index contributed by atoms with van der Waals surface area (Å²) in [5.41, 5.74) is 1.38. The van der Waals surface area contributed by atoms with Gasteiger partial charge in [-0.3, -0.25) is 9.69 Å². The van der Waals surface area contributed by atoms with Crippen molar-refractivity contribution in [3.8, 4) is 5.69 Å². The molecule has 7 nitrogen and oxygen atoms in total. The van der Waals surface area contributed by atoms with Crippen molar-refractivity contribution in [2.45, 2.75) is 12.6 Å². The third-order valence-electron chi connectivity index (χ3n) is 4.44. The minimum absolute atomic E-state index is 0.0800. The summed E-state index contributed by atoms with van der Waals surface area (Å²) in [6.45, 7) is 3.80. The predicted octanol–water partition coefficient (Wildman–Crippen LogP) is 0.890. The highest BCUT2D eigenvalue weighted by Crippen LogP contribution is 2.15. The van der Waals surface area contributed by atoms with E-state index in [2.05, 4.69) is 15.3 Å². The fraction of sp³-hybridized carbons (Fsp3) is 0.474. The lowest BCUT2D eigenvalue weighted by Crippen LogP contribution is -2.50. The average molecular weight is 375 g/mol. The highest BCUT2D eigenvalue weighted by atomic mass is 19.1. The molecule has 8 heteroatoms. The molecule has 146 valence electrons. The lowest BCUT2D eigenvalue weighted by atomic mass is 10.2. The first-order valence-corrected chi connectivity index (χ1v) is 9.08. The second-order valence-corrected chi connectivity index (χ2v) is 6.93. The molecule has 1 N–H and O–H groups in total. The molecule has 27 heavy (non-hydrogen) atoms. The van der Waals surface area contributed by atoms with Crippen molar-refractivity contribution >= 4 is 5.91 Å². The molecule has 2 aromatic rings. The van der Waals surface area contributed by atoms with Gasteiger partial charge in [0.15, 0.2) is 0 Å². The number of hydrogen-bond donors (Lipinski definition) is 1. The Morgan fingerprint density at radius 3 is 3.00 bits per heavy atom. The molecular formula is C19H26FN5O2. The molecule has 1 aromatic carbocycles. The molecule has 1 aromatic heterocycles. The van der Waals surface area contributed by atoms with Crippen LogP contribution in [0.4, 0.5) is 4.39 Å². The van der Waals surface area contributed by atoms with Gasteiger partial charge in [0, 0.05) is 44.5 Å². The lowest BCUT2D eigenvalue weighted by molar-refractivity contribution is -0.138. The largest absolute Gasteiger partial charge is 0.366 e. The third-order valence-corrected chi connectivity index (χ3v) is 4.44. The number of para-hydroxylation sites is 1. The third kappa shape index (κ3) is 5.35. The fourth-order valence-corrected chi connectivity index (χ4v) is 2.99. The summed E-state index contributed by atoms with van der Waals surface area (Å²) in [4.78, 5) is 16.4. The number of benzene rings is 1. The number of nitrogens with one attached hydrogen (secondary N) is 1. The summed E-state index contributed by atoms with van der Waals surface area (Å²) in [5, 5.41) is 7.17. The number of ether oxygens (including phenoxy) is 1.